The van der Waals surface area contributed by atoms with E-state index in [1.54, 1.807) is 7.11 Å². The molecule has 1 aromatic carbocycles. The fourth-order valence-electron chi connectivity index (χ4n) is 2.20. The highest BCUT2D eigenvalue weighted by Gasteiger charge is 2.24. The molecule has 0 radical (unpaired) electrons. The fourth-order valence-corrected chi connectivity index (χ4v) is 2.20. The van der Waals surface area contributed by atoms with Gasteiger partial charge in [-0.1, -0.05) is 18.2 Å². The first kappa shape index (κ1) is 11.4. The van der Waals surface area contributed by atoms with Crippen molar-refractivity contribution < 1.29 is 14.6 Å². The van der Waals surface area contributed by atoms with Gasteiger partial charge < -0.3 is 14.6 Å². The average molecular weight is 222 g/mol. The molecule has 88 valence electrons. The van der Waals surface area contributed by atoms with E-state index in [9.17, 15) is 0 Å². The summed E-state index contributed by atoms with van der Waals surface area (Å²) in [5.74, 6) is 1.32. The number of methoxy groups -OCH3 is 1. The molecule has 1 N–H and O–H groups in total. The van der Waals surface area contributed by atoms with Gasteiger partial charge in [-0.3, -0.25) is 0 Å². The standard InChI is InChI=1S/C13H18O3/c1-15-13-5-3-2-4-12(13)10-6-7-11(8-14)16-9-10/h2-5,10-11,14H,6-9H2,1H3/t10-,11-/m0/s1. The van der Waals surface area contributed by atoms with Crippen molar-refractivity contribution in [2.75, 3.05) is 20.3 Å². The third-order valence-electron chi connectivity index (χ3n) is 3.15. The molecule has 3 nitrogen and oxygen atoms in total. The van der Waals surface area contributed by atoms with Gasteiger partial charge in [-0.2, -0.15) is 0 Å². The van der Waals surface area contributed by atoms with E-state index < -0.39 is 0 Å². The minimum Gasteiger partial charge on any atom is -0.496 e. The summed E-state index contributed by atoms with van der Waals surface area (Å²) in [5.41, 5.74) is 1.21. The predicted molar refractivity (Wildman–Crippen MR) is 61.8 cm³/mol. The number of hydrogen-bond donors (Lipinski definition) is 1. The van der Waals surface area contributed by atoms with Gasteiger partial charge in [-0.25, -0.2) is 0 Å². The molecule has 1 fully saturated rings. The third-order valence-corrected chi connectivity index (χ3v) is 3.15. The van der Waals surface area contributed by atoms with Crippen LogP contribution in [-0.2, 0) is 4.74 Å². The highest BCUT2D eigenvalue weighted by atomic mass is 16.5. The molecular formula is C13H18O3. The van der Waals surface area contributed by atoms with Crippen molar-refractivity contribution in [3.05, 3.63) is 29.8 Å². The molecular weight excluding hydrogens is 204 g/mol. The van der Waals surface area contributed by atoms with E-state index in [0.717, 1.165) is 18.6 Å². The Hall–Kier alpha value is -1.06. The van der Waals surface area contributed by atoms with Gasteiger partial charge in [0.25, 0.3) is 0 Å². The lowest BCUT2D eigenvalue weighted by Crippen LogP contribution is -2.27. The highest BCUT2D eigenvalue weighted by molar-refractivity contribution is 5.36. The Labute approximate surface area is 96.0 Å². The molecule has 0 saturated carbocycles. The highest BCUT2D eigenvalue weighted by Crippen LogP contribution is 2.33. The van der Waals surface area contributed by atoms with E-state index in [2.05, 4.69) is 6.07 Å². The smallest absolute Gasteiger partial charge is 0.122 e. The van der Waals surface area contributed by atoms with E-state index >= 15 is 0 Å². The van der Waals surface area contributed by atoms with E-state index in [-0.39, 0.29) is 12.7 Å². The van der Waals surface area contributed by atoms with Crippen LogP contribution in [0.5, 0.6) is 5.75 Å². The molecule has 1 aliphatic rings. The molecule has 2 atom stereocenters. The number of aliphatic hydroxyl groups is 1. The van der Waals surface area contributed by atoms with E-state index in [0.29, 0.717) is 12.5 Å². The van der Waals surface area contributed by atoms with Crippen molar-refractivity contribution in [2.45, 2.75) is 24.9 Å². The Kier molecular flexibility index (Phi) is 3.80. The van der Waals surface area contributed by atoms with Crippen LogP contribution < -0.4 is 4.74 Å². The molecule has 0 aromatic heterocycles. The molecule has 0 unspecified atom stereocenters. The molecule has 2 rings (SSSR count). The topological polar surface area (TPSA) is 38.7 Å². The maximum Gasteiger partial charge on any atom is 0.122 e. The molecule has 1 aromatic rings. The predicted octanol–water partition coefficient (Wildman–Crippen LogP) is 1.95. The van der Waals surface area contributed by atoms with Gasteiger partial charge in [0.05, 0.1) is 26.4 Å². The van der Waals surface area contributed by atoms with E-state index in [1.807, 2.05) is 18.2 Å². The van der Waals surface area contributed by atoms with Crippen molar-refractivity contribution in [1.29, 1.82) is 0 Å². The number of rotatable bonds is 3. The van der Waals surface area contributed by atoms with Gasteiger partial charge >= 0.3 is 0 Å². The van der Waals surface area contributed by atoms with Crippen LogP contribution in [0.2, 0.25) is 0 Å². The van der Waals surface area contributed by atoms with E-state index in [1.165, 1.54) is 5.56 Å². The Bertz CT molecular complexity index is 330. The second-order valence-electron chi connectivity index (χ2n) is 4.15. The fraction of sp³-hybridized carbons (Fsp3) is 0.538. The summed E-state index contributed by atoms with van der Waals surface area (Å²) in [5, 5.41) is 9.00. The number of para-hydroxylation sites is 1. The number of hydrogen-bond acceptors (Lipinski definition) is 3. The minimum atomic E-state index is 0.0194. The van der Waals surface area contributed by atoms with Crippen LogP contribution in [0.25, 0.3) is 0 Å². The zero-order valence-corrected chi connectivity index (χ0v) is 9.56. The van der Waals surface area contributed by atoms with Gasteiger partial charge in [-0.15, -0.1) is 0 Å². The first-order valence-electron chi connectivity index (χ1n) is 5.70. The molecule has 16 heavy (non-hydrogen) atoms. The van der Waals surface area contributed by atoms with Crippen molar-refractivity contribution in [2.24, 2.45) is 0 Å². The lowest BCUT2D eigenvalue weighted by molar-refractivity contribution is -0.0272. The summed E-state index contributed by atoms with van der Waals surface area (Å²) >= 11 is 0. The summed E-state index contributed by atoms with van der Waals surface area (Å²) in [6.07, 6.45) is 1.98. The monoisotopic (exact) mass is 222 g/mol. The first-order chi connectivity index (χ1) is 7.85. The van der Waals surface area contributed by atoms with E-state index in [4.69, 9.17) is 14.6 Å². The zero-order chi connectivity index (χ0) is 11.4. The second-order valence-corrected chi connectivity index (χ2v) is 4.15. The normalized spacial score (nSPS) is 25.4. The van der Waals surface area contributed by atoms with Gasteiger partial charge in [0.2, 0.25) is 0 Å². The van der Waals surface area contributed by atoms with Crippen molar-refractivity contribution in [3.8, 4) is 5.75 Å². The molecule has 1 heterocycles. The largest absolute Gasteiger partial charge is 0.496 e. The van der Waals surface area contributed by atoms with Crippen LogP contribution in [0.3, 0.4) is 0 Å². The lowest BCUT2D eigenvalue weighted by atomic mass is 9.91. The average Bonchev–Trinajstić information content (AvgIpc) is 2.39. The number of benzene rings is 1. The summed E-state index contributed by atoms with van der Waals surface area (Å²) in [6, 6.07) is 8.07. The van der Waals surface area contributed by atoms with Crippen molar-refractivity contribution >= 4 is 0 Å². The Balaban J connectivity index is 2.07. The quantitative estimate of drug-likeness (QED) is 0.849. The number of ether oxygens (including phenoxy) is 2. The molecule has 1 saturated heterocycles. The summed E-state index contributed by atoms with van der Waals surface area (Å²) in [7, 11) is 1.69. The maximum absolute atomic E-state index is 9.00. The minimum absolute atomic E-state index is 0.0194. The van der Waals surface area contributed by atoms with Crippen molar-refractivity contribution in [1.82, 2.24) is 0 Å². The third kappa shape index (κ3) is 2.36. The van der Waals surface area contributed by atoms with Crippen LogP contribution in [-0.4, -0.2) is 31.5 Å². The summed E-state index contributed by atoms with van der Waals surface area (Å²) in [4.78, 5) is 0. The lowest BCUT2D eigenvalue weighted by Gasteiger charge is -2.28. The van der Waals surface area contributed by atoms with Gasteiger partial charge in [0, 0.05) is 5.92 Å². The van der Waals surface area contributed by atoms with Crippen molar-refractivity contribution in [3.63, 3.8) is 0 Å². The molecule has 0 amide bonds. The molecule has 1 aliphatic heterocycles. The van der Waals surface area contributed by atoms with Crippen LogP contribution in [0.1, 0.15) is 24.3 Å². The molecule has 0 bridgehead atoms. The SMILES string of the molecule is COc1ccccc1[C@H]1CC[C@@H](CO)OC1. The van der Waals surface area contributed by atoms with Gasteiger partial charge in [0.1, 0.15) is 5.75 Å². The molecule has 0 spiro atoms. The Morgan fingerprint density at radius 3 is 2.81 bits per heavy atom. The van der Waals surface area contributed by atoms with Gasteiger partial charge in [-0.05, 0) is 24.5 Å². The summed E-state index contributed by atoms with van der Waals surface area (Å²) < 4.78 is 10.9. The first-order valence-corrected chi connectivity index (χ1v) is 5.70. The van der Waals surface area contributed by atoms with Crippen LogP contribution in [0, 0.1) is 0 Å². The van der Waals surface area contributed by atoms with Crippen LogP contribution in [0.15, 0.2) is 24.3 Å². The van der Waals surface area contributed by atoms with Crippen LogP contribution in [0.4, 0.5) is 0 Å². The number of aliphatic hydroxyl groups excluding tert-OH is 1. The summed E-state index contributed by atoms with van der Waals surface area (Å²) in [6.45, 7) is 0.796. The molecule has 3 heteroatoms. The van der Waals surface area contributed by atoms with Crippen LogP contribution >= 0.6 is 0 Å². The maximum atomic E-state index is 9.00. The Morgan fingerprint density at radius 2 is 2.19 bits per heavy atom. The van der Waals surface area contributed by atoms with Gasteiger partial charge in [0.15, 0.2) is 0 Å². The Morgan fingerprint density at radius 1 is 1.38 bits per heavy atom. The molecule has 0 aliphatic carbocycles. The second kappa shape index (κ2) is 5.32. The zero-order valence-electron chi connectivity index (χ0n) is 9.56.